The van der Waals surface area contributed by atoms with E-state index < -0.39 is 29.7 Å². The average Bonchev–Trinajstić information content (AvgIpc) is 2.47. The van der Waals surface area contributed by atoms with Gasteiger partial charge < -0.3 is 10.4 Å². The van der Waals surface area contributed by atoms with Gasteiger partial charge in [0.25, 0.3) is 5.91 Å². The first-order chi connectivity index (χ1) is 9.99. The van der Waals surface area contributed by atoms with Crippen LogP contribution in [0.1, 0.15) is 28.9 Å². The molecule has 2 aromatic rings. The smallest absolute Gasteiger partial charge is 0.254 e. The highest BCUT2D eigenvalue weighted by Gasteiger charge is 2.20. The van der Waals surface area contributed by atoms with E-state index in [-0.39, 0.29) is 5.56 Å². The van der Waals surface area contributed by atoms with Gasteiger partial charge in [-0.25, -0.2) is 8.78 Å². The number of aliphatic hydroxyl groups is 1. The van der Waals surface area contributed by atoms with Crippen molar-refractivity contribution in [3.8, 4) is 0 Å². The summed E-state index contributed by atoms with van der Waals surface area (Å²) in [6.07, 6.45) is -1.01. The lowest BCUT2D eigenvalue weighted by Gasteiger charge is -2.20. The first-order valence-electron chi connectivity index (χ1n) is 6.48. The standard InChI is InChI=1S/C16H15F2NO2/c1-10(15(20)11-6-8-12(17)9-7-11)19-16(21)13-4-2-3-5-14(13)18/h2-10,15,20H,1H3,(H,19,21). The molecule has 2 N–H and O–H groups in total. The molecule has 3 nitrogen and oxygen atoms in total. The second-order valence-electron chi connectivity index (χ2n) is 4.74. The lowest BCUT2D eigenvalue weighted by Crippen LogP contribution is -2.37. The Morgan fingerprint density at radius 3 is 2.33 bits per heavy atom. The lowest BCUT2D eigenvalue weighted by atomic mass is 10.0. The summed E-state index contributed by atoms with van der Waals surface area (Å²) >= 11 is 0. The van der Waals surface area contributed by atoms with Crippen LogP contribution < -0.4 is 5.32 Å². The minimum absolute atomic E-state index is 0.0874. The molecule has 5 heteroatoms. The van der Waals surface area contributed by atoms with Crippen molar-refractivity contribution in [2.24, 2.45) is 0 Å². The molecular formula is C16H15F2NO2. The molecule has 0 aliphatic carbocycles. The van der Waals surface area contributed by atoms with Gasteiger partial charge in [0.05, 0.1) is 17.7 Å². The summed E-state index contributed by atoms with van der Waals surface area (Å²) in [6.45, 7) is 1.59. The van der Waals surface area contributed by atoms with Crippen LogP contribution >= 0.6 is 0 Å². The Bertz CT molecular complexity index is 628. The Hall–Kier alpha value is -2.27. The van der Waals surface area contributed by atoms with E-state index in [0.717, 1.165) is 0 Å². The van der Waals surface area contributed by atoms with Crippen molar-refractivity contribution in [2.45, 2.75) is 19.1 Å². The summed E-state index contributed by atoms with van der Waals surface area (Å²) in [4.78, 5) is 11.9. The highest BCUT2D eigenvalue weighted by atomic mass is 19.1. The van der Waals surface area contributed by atoms with Crippen LogP contribution in [0.2, 0.25) is 0 Å². The molecule has 110 valence electrons. The molecule has 0 fully saturated rings. The van der Waals surface area contributed by atoms with Gasteiger partial charge in [0.15, 0.2) is 0 Å². The van der Waals surface area contributed by atoms with Crippen LogP contribution in [0.5, 0.6) is 0 Å². The summed E-state index contributed by atoms with van der Waals surface area (Å²) in [5, 5.41) is 12.6. The molecule has 2 unspecified atom stereocenters. The number of aliphatic hydroxyl groups excluding tert-OH is 1. The van der Waals surface area contributed by atoms with E-state index in [2.05, 4.69) is 5.32 Å². The number of hydrogen-bond donors (Lipinski definition) is 2. The lowest BCUT2D eigenvalue weighted by molar-refractivity contribution is 0.0848. The molecule has 2 aromatic carbocycles. The summed E-state index contributed by atoms with van der Waals surface area (Å²) in [6, 6.07) is 10.3. The zero-order valence-electron chi connectivity index (χ0n) is 11.4. The molecule has 0 aromatic heterocycles. The topological polar surface area (TPSA) is 49.3 Å². The van der Waals surface area contributed by atoms with Gasteiger partial charge in [-0.15, -0.1) is 0 Å². The van der Waals surface area contributed by atoms with Crippen LogP contribution in [0.25, 0.3) is 0 Å². The third-order valence-electron chi connectivity index (χ3n) is 3.16. The normalized spacial score (nSPS) is 13.5. The molecule has 0 radical (unpaired) electrons. The minimum atomic E-state index is -1.01. The summed E-state index contributed by atoms with van der Waals surface area (Å²) < 4.78 is 26.3. The van der Waals surface area contributed by atoms with Gasteiger partial charge in [-0.2, -0.15) is 0 Å². The maximum absolute atomic E-state index is 13.5. The van der Waals surface area contributed by atoms with E-state index in [0.29, 0.717) is 5.56 Å². The number of halogens is 2. The minimum Gasteiger partial charge on any atom is -0.386 e. The molecule has 21 heavy (non-hydrogen) atoms. The van der Waals surface area contributed by atoms with Crippen LogP contribution in [0.15, 0.2) is 48.5 Å². The van der Waals surface area contributed by atoms with Crippen molar-refractivity contribution in [3.63, 3.8) is 0 Å². The first kappa shape index (κ1) is 15.1. The number of carbonyl (C=O) groups excluding carboxylic acids is 1. The fourth-order valence-electron chi connectivity index (χ4n) is 1.96. The fraction of sp³-hybridized carbons (Fsp3) is 0.188. The predicted molar refractivity (Wildman–Crippen MR) is 74.7 cm³/mol. The van der Waals surface area contributed by atoms with E-state index in [1.807, 2.05) is 0 Å². The van der Waals surface area contributed by atoms with Gasteiger partial charge in [-0.3, -0.25) is 4.79 Å². The zero-order chi connectivity index (χ0) is 15.4. The molecule has 0 bridgehead atoms. The van der Waals surface area contributed by atoms with Crippen molar-refractivity contribution in [1.29, 1.82) is 0 Å². The maximum atomic E-state index is 13.5. The van der Waals surface area contributed by atoms with Crippen LogP contribution in [0, 0.1) is 11.6 Å². The van der Waals surface area contributed by atoms with Crippen LogP contribution in [-0.4, -0.2) is 17.1 Å². The molecule has 0 saturated heterocycles. The largest absolute Gasteiger partial charge is 0.386 e. The number of benzene rings is 2. The highest BCUT2D eigenvalue weighted by Crippen LogP contribution is 2.17. The zero-order valence-corrected chi connectivity index (χ0v) is 11.4. The Kier molecular flexibility index (Phi) is 4.65. The van der Waals surface area contributed by atoms with E-state index >= 15 is 0 Å². The molecule has 0 heterocycles. The van der Waals surface area contributed by atoms with Crippen LogP contribution in [-0.2, 0) is 0 Å². The third kappa shape index (κ3) is 3.64. The Balaban J connectivity index is 2.07. The Morgan fingerprint density at radius 1 is 1.10 bits per heavy atom. The number of carbonyl (C=O) groups is 1. The predicted octanol–water partition coefficient (Wildman–Crippen LogP) is 2.82. The molecular weight excluding hydrogens is 276 g/mol. The number of hydrogen-bond acceptors (Lipinski definition) is 2. The van der Waals surface area contributed by atoms with Crippen molar-refractivity contribution in [2.75, 3.05) is 0 Å². The average molecular weight is 291 g/mol. The van der Waals surface area contributed by atoms with Gasteiger partial charge in [0, 0.05) is 0 Å². The number of rotatable bonds is 4. The molecule has 0 saturated carbocycles. The van der Waals surface area contributed by atoms with E-state index in [1.165, 1.54) is 42.5 Å². The van der Waals surface area contributed by atoms with Crippen molar-refractivity contribution in [3.05, 3.63) is 71.3 Å². The van der Waals surface area contributed by atoms with Crippen molar-refractivity contribution in [1.82, 2.24) is 5.32 Å². The van der Waals surface area contributed by atoms with Gasteiger partial charge >= 0.3 is 0 Å². The summed E-state index contributed by atoms with van der Waals surface area (Å²) in [5.41, 5.74) is 0.383. The van der Waals surface area contributed by atoms with Crippen molar-refractivity contribution < 1.29 is 18.7 Å². The van der Waals surface area contributed by atoms with Gasteiger partial charge in [-0.1, -0.05) is 24.3 Å². The van der Waals surface area contributed by atoms with E-state index in [4.69, 9.17) is 0 Å². The second kappa shape index (κ2) is 6.45. The Morgan fingerprint density at radius 2 is 1.71 bits per heavy atom. The fourth-order valence-corrected chi connectivity index (χ4v) is 1.96. The van der Waals surface area contributed by atoms with Gasteiger partial charge in [0.2, 0.25) is 0 Å². The highest BCUT2D eigenvalue weighted by molar-refractivity contribution is 5.94. The van der Waals surface area contributed by atoms with Crippen molar-refractivity contribution >= 4 is 5.91 Å². The molecule has 2 atom stereocenters. The second-order valence-corrected chi connectivity index (χ2v) is 4.74. The Labute approximate surface area is 121 Å². The summed E-state index contributed by atoms with van der Waals surface area (Å²) in [7, 11) is 0. The SMILES string of the molecule is CC(NC(=O)c1ccccc1F)C(O)c1ccc(F)cc1. The molecule has 0 aliphatic heterocycles. The van der Waals surface area contributed by atoms with Gasteiger partial charge in [0.1, 0.15) is 11.6 Å². The van der Waals surface area contributed by atoms with Crippen LogP contribution in [0.3, 0.4) is 0 Å². The first-order valence-corrected chi connectivity index (χ1v) is 6.48. The molecule has 0 spiro atoms. The third-order valence-corrected chi connectivity index (χ3v) is 3.16. The van der Waals surface area contributed by atoms with E-state index in [1.54, 1.807) is 13.0 Å². The quantitative estimate of drug-likeness (QED) is 0.910. The van der Waals surface area contributed by atoms with E-state index in [9.17, 15) is 18.7 Å². The summed E-state index contributed by atoms with van der Waals surface area (Å²) in [5.74, 6) is -1.64. The number of amides is 1. The monoisotopic (exact) mass is 291 g/mol. The molecule has 1 amide bonds. The molecule has 0 aliphatic rings. The molecule has 2 rings (SSSR count). The van der Waals surface area contributed by atoms with Crippen LogP contribution in [0.4, 0.5) is 8.78 Å². The van der Waals surface area contributed by atoms with Gasteiger partial charge in [-0.05, 0) is 36.8 Å². The number of nitrogens with one attached hydrogen (secondary N) is 1. The maximum Gasteiger partial charge on any atom is 0.254 e.